The van der Waals surface area contributed by atoms with Crippen LogP contribution in [0.5, 0.6) is 5.75 Å². The molecule has 3 rings (SSSR count). The average molecular weight is 400 g/mol. The van der Waals surface area contributed by atoms with Crippen molar-refractivity contribution in [2.75, 3.05) is 51.3 Å². The quantitative estimate of drug-likeness (QED) is 0.541. The Morgan fingerprint density at radius 2 is 2.03 bits per heavy atom. The van der Waals surface area contributed by atoms with Gasteiger partial charge in [0.2, 0.25) is 0 Å². The monoisotopic (exact) mass is 399 g/mol. The van der Waals surface area contributed by atoms with Gasteiger partial charge in [-0.3, -0.25) is 4.99 Å². The SMILES string of the molecule is CCCN=C(NCCn1cnnc1CC)N1CCN(c2cccc(OC)c2)CC1. The third-order valence-corrected chi connectivity index (χ3v) is 5.13. The molecule has 1 aliphatic rings. The molecule has 1 aromatic heterocycles. The van der Waals surface area contributed by atoms with E-state index >= 15 is 0 Å². The number of piperazine rings is 1. The molecule has 0 atom stereocenters. The number of hydrogen-bond donors (Lipinski definition) is 1. The fourth-order valence-corrected chi connectivity index (χ4v) is 3.50. The maximum atomic E-state index is 5.36. The molecule has 0 aliphatic carbocycles. The molecule has 8 nitrogen and oxygen atoms in total. The zero-order valence-electron chi connectivity index (χ0n) is 17.8. The van der Waals surface area contributed by atoms with E-state index < -0.39 is 0 Å². The maximum Gasteiger partial charge on any atom is 0.194 e. The molecule has 2 aromatic rings. The normalized spacial score (nSPS) is 14.9. The second kappa shape index (κ2) is 10.7. The fourth-order valence-electron chi connectivity index (χ4n) is 3.50. The molecule has 1 aliphatic heterocycles. The fraction of sp³-hybridized carbons (Fsp3) is 0.571. The Morgan fingerprint density at radius 1 is 1.21 bits per heavy atom. The van der Waals surface area contributed by atoms with Crippen LogP contribution in [-0.2, 0) is 13.0 Å². The predicted molar refractivity (Wildman–Crippen MR) is 117 cm³/mol. The van der Waals surface area contributed by atoms with Gasteiger partial charge in [-0.2, -0.15) is 0 Å². The van der Waals surface area contributed by atoms with Crippen LogP contribution in [0.4, 0.5) is 5.69 Å². The second-order valence-electron chi connectivity index (χ2n) is 7.10. The molecule has 2 heterocycles. The molecule has 1 saturated heterocycles. The van der Waals surface area contributed by atoms with Gasteiger partial charge in [0.15, 0.2) is 5.96 Å². The Bertz CT molecular complexity index is 781. The van der Waals surface area contributed by atoms with E-state index in [1.54, 1.807) is 13.4 Å². The van der Waals surface area contributed by atoms with Crippen LogP contribution in [-0.4, -0.2) is 72.0 Å². The molecule has 1 fully saturated rings. The third kappa shape index (κ3) is 5.62. The highest BCUT2D eigenvalue weighted by molar-refractivity contribution is 5.80. The molecule has 0 saturated carbocycles. The summed E-state index contributed by atoms with van der Waals surface area (Å²) in [4.78, 5) is 9.57. The molecule has 158 valence electrons. The number of nitrogens with zero attached hydrogens (tertiary/aromatic N) is 6. The number of rotatable bonds is 8. The topological polar surface area (TPSA) is 70.8 Å². The summed E-state index contributed by atoms with van der Waals surface area (Å²) in [7, 11) is 1.71. The molecule has 1 aromatic carbocycles. The van der Waals surface area contributed by atoms with Crippen LogP contribution < -0.4 is 15.0 Å². The zero-order chi connectivity index (χ0) is 20.5. The summed E-state index contributed by atoms with van der Waals surface area (Å²) in [6.45, 7) is 10.6. The van der Waals surface area contributed by atoms with Crippen molar-refractivity contribution in [1.82, 2.24) is 25.0 Å². The number of guanidine groups is 1. The van der Waals surface area contributed by atoms with E-state index in [9.17, 15) is 0 Å². The molecule has 0 radical (unpaired) electrons. The lowest BCUT2D eigenvalue weighted by Crippen LogP contribution is -2.53. The van der Waals surface area contributed by atoms with Crippen LogP contribution in [0, 0.1) is 0 Å². The van der Waals surface area contributed by atoms with Crippen molar-refractivity contribution in [3.05, 3.63) is 36.4 Å². The first-order chi connectivity index (χ1) is 14.2. The summed E-state index contributed by atoms with van der Waals surface area (Å²) >= 11 is 0. The number of methoxy groups -OCH3 is 1. The van der Waals surface area contributed by atoms with Gasteiger partial charge in [-0.25, -0.2) is 0 Å². The van der Waals surface area contributed by atoms with Crippen molar-refractivity contribution in [3.8, 4) is 5.75 Å². The summed E-state index contributed by atoms with van der Waals surface area (Å²) < 4.78 is 7.47. The van der Waals surface area contributed by atoms with Crippen LogP contribution in [0.25, 0.3) is 0 Å². The van der Waals surface area contributed by atoms with Crippen molar-refractivity contribution in [2.24, 2.45) is 4.99 Å². The highest BCUT2D eigenvalue weighted by Gasteiger charge is 2.20. The highest BCUT2D eigenvalue weighted by Crippen LogP contribution is 2.22. The van der Waals surface area contributed by atoms with Crippen LogP contribution in [0.3, 0.4) is 0 Å². The lowest BCUT2D eigenvalue weighted by Gasteiger charge is -2.38. The Hall–Kier alpha value is -2.77. The van der Waals surface area contributed by atoms with E-state index in [1.165, 1.54) is 5.69 Å². The molecule has 0 bridgehead atoms. The number of aromatic nitrogens is 3. The van der Waals surface area contributed by atoms with Crippen molar-refractivity contribution in [3.63, 3.8) is 0 Å². The average Bonchev–Trinajstić information content (AvgIpc) is 3.24. The predicted octanol–water partition coefficient (Wildman–Crippen LogP) is 2.03. The van der Waals surface area contributed by atoms with Gasteiger partial charge in [0.05, 0.1) is 7.11 Å². The van der Waals surface area contributed by atoms with Crippen molar-refractivity contribution in [2.45, 2.75) is 33.2 Å². The van der Waals surface area contributed by atoms with E-state index in [2.05, 4.69) is 55.9 Å². The van der Waals surface area contributed by atoms with E-state index in [0.29, 0.717) is 0 Å². The molecule has 29 heavy (non-hydrogen) atoms. The van der Waals surface area contributed by atoms with Crippen molar-refractivity contribution < 1.29 is 4.74 Å². The van der Waals surface area contributed by atoms with E-state index in [0.717, 1.165) is 76.2 Å². The number of nitrogens with one attached hydrogen (secondary N) is 1. The molecule has 1 N–H and O–H groups in total. The lowest BCUT2D eigenvalue weighted by molar-refractivity contribution is 0.370. The van der Waals surface area contributed by atoms with Gasteiger partial charge >= 0.3 is 0 Å². The number of ether oxygens (including phenoxy) is 1. The lowest BCUT2D eigenvalue weighted by atomic mass is 10.2. The number of aliphatic imine (C=N–C) groups is 1. The van der Waals surface area contributed by atoms with Gasteiger partial charge in [-0.05, 0) is 18.6 Å². The van der Waals surface area contributed by atoms with Gasteiger partial charge < -0.3 is 24.4 Å². The minimum atomic E-state index is 0.809. The molecule has 0 amide bonds. The molecule has 0 unspecified atom stereocenters. The maximum absolute atomic E-state index is 5.36. The standard InChI is InChI=1S/C21H33N7O/c1-4-9-22-21(23-10-11-28-17-24-25-20(28)5-2)27-14-12-26(13-15-27)18-7-6-8-19(16-18)29-3/h6-8,16-17H,4-5,9-15H2,1-3H3,(H,22,23). The number of anilines is 1. The largest absolute Gasteiger partial charge is 0.497 e. The second-order valence-corrected chi connectivity index (χ2v) is 7.10. The Kier molecular flexibility index (Phi) is 7.72. The first-order valence-electron chi connectivity index (χ1n) is 10.5. The summed E-state index contributed by atoms with van der Waals surface area (Å²) in [6.07, 6.45) is 3.74. The van der Waals surface area contributed by atoms with Gasteiger partial charge in [-0.15, -0.1) is 10.2 Å². The smallest absolute Gasteiger partial charge is 0.194 e. The zero-order valence-corrected chi connectivity index (χ0v) is 17.8. The van der Waals surface area contributed by atoms with Gasteiger partial charge in [0.25, 0.3) is 0 Å². The molecular weight excluding hydrogens is 366 g/mol. The van der Waals surface area contributed by atoms with E-state index in [1.807, 2.05) is 12.1 Å². The van der Waals surface area contributed by atoms with Gasteiger partial charge in [-0.1, -0.05) is 19.9 Å². The first-order valence-corrected chi connectivity index (χ1v) is 10.5. The number of aryl methyl sites for hydroxylation is 1. The molecule has 0 spiro atoms. The van der Waals surface area contributed by atoms with Gasteiger partial charge in [0, 0.05) is 64.0 Å². The van der Waals surface area contributed by atoms with Crippen LogP contribution in [0.15, 0.2) is 35.6 Å². The highest BCUT2D eigenvalue weighted by atomic mass is 16.5. The summed E-state index contributed by atoms with van der Waals surface area (Å²) in [5, 5.41) is 11.7. The minimum Gasteiger partial charge on any atom is -0.497 e. The summed E-state index contributed by atoms with van der Waals surface area (Å²) in [6, 6.07) is 8.28. The van der Waals surface area contributed by atoms with Crippen LogP contribution >= 0.6 is 0 Å². The van der Waals surface area contributed by atoms with Crippen molar-refractivity contribution >= 4 is 11.6 Å². The number of benzene rings is 1. The molecule has 8 heteroatoms. The van der Waals surface area contributed by atoms with E-state index in [-0.39, 0.29) is 0 Å². The minimum absolute atomic E-state index is 0.809. The Labute approximate surface area is 173 Å². The number of hydrogen-bond acceptors (Lipinski definition) is 5. The summed E-state index contributed by atoms with van der Waals surface area (Å²) in [5.74, 6) is 2.92. The van der Waals surface area contributed by atoms with Crippen LogP contribution in [0.1, 0.15) is 26.1 Å². The Balaban J connectivity index is 1.55. The third-order valence-electron chi connectivity index (χ3n) is 5.13. The van der Waals surface area contributed by atoms with Crippen LogP contribution in [0.2, 0.25) is 0 Å². The van der Waals surface area contributed by atoms with Gasteiger partial charge in [0.1, 0.15) is 17.9 Å². The van der Waals surface area contributed by atoms with E-state index in [4.69, 9.17) is 9.73 Å². The summed E-state index contributed by atoms with van der Waals surface area (Å²) in [5.41, 5.74) is 1.21. The Morgan fingerprint density at radius 3 is 2.76 bits per heavy atom. The van der Waals surface area contributed by atoms with Crippen molar-refractivity contribution in [1.29, 1.82) is 0 Å². The first kappa shape index (κ1) is 21.0. The molecular formula is C21H33N7O.